The quantitative estimate of drug-likeness (QED) is 0.405. The van der Waals surface area contributed by atoms with Crippen molar-refractivity contribution in [2.24, 2.45) is 11.7 Å². The summed E-state index contributed by atoms with van der Waals surface area (Å²) in [5, 5.41) is 21.4. The van der Waals surface area contributed by atoms with E-state index < -0.39 is 47.3 Å². The topological polar surface area (TPSA) is 121 Å². The summed E-state index contributed by atoms with van der Waals surface area (Å²) in [5.41, 5.74) is 5.58. The van der Waals surface area contributed by atoms with E-state index in [0.717, 1.165) is 49.1 Å². The van der Waals surface area contributed by atoms with Gasteiger partial charge >= 0.3 is 0 Å². The number of hydrogen-bond acceptors (Lipinski definition) is 6. The molecule has 10 heteroatoms. The molecule has 0 aliphatic heterocycles. The first kappa shape index (κ1) is 25.7. The highest BCUT2D eigenvalue weighted by atomic mass is 19.1. The molecule has 36 heavy (non-hydrogen) atoms. The Morgan fingerprint density at radius 2 is 1.86 bits per heavy atom. The summed E-state index contributed by atoms with van der Waals surface area (Å²) in [5.74, 6) is -3.59. The van der Waals surface area contributed by atoms with Gasteiger partial charge in [-0.2, -0.15) is 0 Å². The first-order valence-electron chi connectivity index (χ1n) is 11.6. The number of rotatable bonds is 6. The van der Waals surface area contributed by atoms with E-state index in [4.69, 9.17) is 10.8 Å². The third-order valence-corrected chi connectivity index (χ3v) is 6.46. The maximum atomic E-state index is 14.7. The zero-order valence-corrected chi connectivity index (χ0v) is 19.6. The van der Waals surface area contributed by atoms with E-state index in [1.165, 1.54) is 6.20 Å². The molecule has 0 radical (unpaired) electrons. The number of benzene rings is 1. The zero-order valence-electron chi connectivity index (χ0n) is 19.6. The minimum absolute atomic E-state index is 0.0477. The first-order chi connectivity index (χ1) is 17.2. The second-order valence-electron chi connectivity index (χ2n) is 9.27. The molecule has 5 N–H and O–H groups in total. The zero-order chi connectivity index (χ0) is 26.0. The van der Waals surface area contributed by atoms with Crippen molar-refractivity contribution in [2.75, 3.05) is 11.9 Å². The number of nitrogens with one attached hydrogen (secondary N) is 1. The molecule has 2 heterocycles. The molecule has 1 aromatic carbocycles. The van der Waals surface area contributed by atoms with Crippen molar-refractivity contribution in [3.8, 4) is 11.3 Å². The van der Waals surface area contributed by atoms with Gasteiger partial charge in [0, 0.05) is 12.2 Å². The van der Waals surface area contributed by atoms with E-state index in [1.807, 2.05) is 6.07 Å². The lowest BCUT2D eigenvalue weighted by molar-refractivity contribution is 0.0951. The van der Waals surface area contributed by atoms with Gasteiger partial charge in [0.15, 0.2) is 0 Å². The fourth-order valence-corrected chi connectivity index (χ4v) is 4.82. The van der Waals surface area contributed by atoms with Gasteiger partial charge in [-0.25, -0.2) is 18.2 Å². The molecule has 4 atom stereocenters. The Morgan fingerprint density at radius 3 is 2.53 bits per heavy atom. The van der Waals surface area contributed by atoms with Gasteiger partial charge in [0.2, 0.25) is 0 Å². The molecule has 190 valence electrons. The normalized spacial score (nSPS) is 20.7. The highest BCUT2D eigenvalue weighted by Gasteiger charge is 2.28. The largest absolute Gasteiger partial charge is 0.393 e. The van der Waals surface area contributed by atoms with Crippen LogP contribution in [-0.4, -0.2) is 38.7 Å². The van der Waals surface area contributed by atoms with E-state index in [1.54, 1.807) is 6.20 Å². The molecule has 1 saturated carbocycles. The predicted molar refractivity (Wildman–Crippen MR) is 128 cm³/mol. The van der Waals surface area contributed by atoms with Crippen molar-refractivity contribution in [2.45, 2.75) is 44.2 Å². The summed E-state index contributed by atoms with van der Waals surface area (Å²) < 4.78 is 44.0. The van der Waals surface area contributed by atoms with E-state index in [2.05, 4.69) is 22.2 Å². The Labute approximate surface area is 206 Å². The number of aliphatic hydroxyl groups excluding tert-OH is 2. The lowest BCUT2D eigenvalue weighted by Crippen LogP contribution is -2.31. The second kappa shape index (κ2) is 10.7. The maximum absolute atomic E-state index is 14.7. The van der Waals surface area contributed by atoms with Gasteiger partial charge in [-0.05, 0) is 72.6 Å². The molecule has 0 saturated heterocycles. The summed E-state index contributed by atoms with van der Waals surface area (Å²) in [6, 6.07) is 5.45. The molecule has 2 aromatic heterocycles. The highest BCUT2D eigenvalue weighted by molar-refractivity contribution is 6.03. The molecule has 1 aliphatic carbocycles. The van der Waals surface area contributed by atoms with Crippen molar-refractivity contribution in [3.05, 3.63) is 77.0 Å². The standard InChI is InChI=1S/C26H27F3N4O3/c1-13-6-14(8-16(30)7-13)17-4-5-31-11-22(17)33-26(36)21-3-2-18(27)25(32-21)24-19(28)9-15(10-20(24)29)23(35)12-34/h2-5,9-11,13-14,16,23,34-35H,6-8,12,30H2,1H3,(H,33,36)/t13-,14+,16+,23-/m0/s1. The van der Waals surface area contributed by atoms with Crippen LogP contribution in [0.25, 0.3) is 11.3 Å². The van der Waals surface area contributed by atoms with Gasteiger partial charge in [0.25, 0.3) is 5.91 Å². The fraction of sp³-hybridized carbons (Fsp3) is 0.346. The number of anilines is 1. The Balaban J connectivity index is 1.64. The molecule has 0 unspecified atom stereocenters. The Bertz CT molecular complexity index is 1240. The van der Waals surface area contributed by atoms with Crippen LogP contribution in [0.15, 0.2) is 42.7 Å². The Kier molecular flexibility index (Phi) is 7.67. The van der Waals surface area contributed by atoms with Crippen LogP contribution < -0.4 is 11.1 Å². The minimum Gasteiger partial charge on any atom is -0.393 e. The fourth-order valence-electron chi connectivity index (χ4n) is 4.82. The summed E-state index contributed by atoms with van der Waals surface area (Å²) in [6.45, 7) is 1.38. The third-order valence-electron chi connectivity index (χ3n) is 6.46. The van der Waals surface area contributed by atoms with Crippen LogP contribution in [-0.2, 0) is 0 Å². The highest BCUT2D eigenvalue weighted by Crippen LogP contribution is 2.38. The van der Waals surface area contributed by atoms with E-state index in [-0.39, 0.29) is 23.2 Å². The molecule has 7 nitrogen and oxygen atoms in total. The van der Waals surface area contributed by atoms with Gasteiger partial charge in [0.1, 0.15) is 34.9 Å². The number of pyridine rings is 2. The first-order valence-corrected chi connectivity index (χ1v) is 11.6. The molecule has 3 aromatic rings. The van der Waals surface area contributed by atoms with E-state index in [0.29, 0.717) is 11.6 Å². The lowest BCUT2D eigenvalue weighted by Gasteiger charge is -2.32. The lowest BCUT2D eigenvalue weighted by atomic mass is 9.76. The van der Waals surface area contributed by atoms with Crippen LogP contribution in [0.4, 0.5) is 18.9 Å². The molecule has 0 spiro atoms. The number of carbonyl (C=O) groups is 1. The Morgan fingerprint density at radius 1 is 1.14 bits per heavy atom. The third kappa shape index (κ3) is 5.40. The van der Waals surface area contributed by atoms with Crippen LogP contribution in [0.3, 0.4) is 0 Å². The van der Waals surface area contributed by atoms with Crippen molar-refractivity contribution in [3.63, 3.8) is 0 Å². The monoisotopic (exact) mass is 500 g/mol. The van der Waals surface area contributed by atoms with Gasteiger partial charge in [-0.15, -0.1) is 0 Å². The second-order valence-corrected chi connectivity index (χ2v) is 9.27. The summed E-state index contributed by atoms with van der Waals surface area (Å²) in [4.78, 5) is 21.0. The number of nitrogens with zero attached hydrogens (tertiary/aromatic N) is 2. The summed E-state index contributed by atoms with van der Waals surface area (Å²) in [6.07, 6.45) is 4.22. The van der Waals surface area contributed by atoms with Crippen molar-refractivity contribution in [1.82, 2.24) is 9.97 Å². The molecule has 0 bridgehead atoms. The van der Waals surface area contributed by atoms with Crippen molar-refractivity contribution < 1.29 is 28.2 Å². The number of hydrogen-bond donors (Lipinski definition) is 4. The SMILES string of the molecule is C[C@@H]1C[C@@H](N)C[C@H](c2ccncc2NC(=O)c2ccc(F)c(-c3c(F)cc([C@@H](O)CO)cc3F)n2)C1. The van der Waals surface area contributed by atoms with Crippen LogP contribution in [0.2, 0.25) is 0 Å². The van der Waals surface area contributed by atoms with Crippen molar-refractivity contribution in [1.29, 1.82) is 0 Å². The number of aromatic nitrogens is 2. The van der Waals surface area contributed by atoms with Gasteiger partial charge in [-0.3, -0.25) is 9.78 Å². The van der Waals surface area contributed by atoms with E-state index in [9.17, 15) is 23.1 Å². The number of carbonyl (C=O) groups excluding carboxylic acids is 1. The summed E-state index contributed by atoms with van der Waals surface area (Å²) >= 11 is 0. The van der Waals surface area contributed by atoms with E-state index >= 15 is 0 Å². The average molecular weight is 501 g/mol. The smallest absolute Gasteiger partial charge is 0.274 e. The number of aliphatic hydroxyl groups is 2. The Hall–Kier alpha value is -3.34. The number of amides is 1. The van der Waals surface area contributed by atoms with Crippen LogP contribution in [0.5, 0.6) is 0 Å². The predicted octanol–water partition coefficient (Wildman–Crippen LogP) is 4.07. The molecular formula is C26H27F3N4O3. The van der Waals surface area contributed by atoms with Gasteiger partial charge in [0.05, 0.1) is 24.1 Å². The van der Waals surface area contributed by atoms with Crippen LogP contribution >= 0.6 is 0 Å². The molecule has 1 aliphatic rings. The molecule has 1 fully saturated rings. The number of halogens is 3. The van der Waals surface area contributed by atoms with Gasteiger partial charge < -0.3 is 21.3 Å². The molecule has 4 rings (SSSR count). The molecular weight excluding hydrogens is 473 g/mol. The molecule has 1 amide bonds. The minimum atomic E-state index is -1.51. The maximum Gasteiger partial charge on any atom is 0.274 e. The summed E-state index contributed by atoms with van der Waals surface area (Å²) in [7, 11) is 0. The average Bonchev–Trinajstić information content (AvgIpc) is 2.83. The van der Waals surface area contributed by atoms with Gasteiger partial charge in [-0.1, -0.05) is 6.92 Å². The van der Waals surface area contributed by atoms with Crippen LogP contribution in [0, 0.1) is 23.4 Å². The number of nitrogens with two attached hydrogens (primary N) is 1. The van der Waals surface area contributed by atoms with Crippen molar-refractivity contribution >= 4 is 11.6 Å². The van der Waals surface area contributed by atoms with Crippen LogP contribution in [0.1, 0.15) is 59.8 Å².